The van der Waals surface area contributed by atoms with E-state index in [1.54, 1.807) is 12.1 Å². The molecule has 0 aliphatic rings. The van der Waals surface area contributed by atoms with E-state index < -0.39 is 0 Å². The molecule has 0 saturated heterocycles. The molecule has 2 N–H and O–H groups in total. The number of hydrogen-bond donors (Lipinski definition) is 1. The van der Waals surface area contributed by atoms with Crippen LogP contribution in [0.25, 0.3) is 22.6 Å². The van der Waals surface area contributed by atoms with Crippen molar-refractivity contribution in [1.82, 2.24) is 4.98 Å². The third kappa shape index (κ3) is 2.35. The van der Waals surface area contributed by atoms with Crippen molar-refractivity contribution in [3.63, 3.8) is 0 Å². The average Bonchev–Trinajstić information content (AvgIpc) is 2.83. The second-order valence-corrected chi connectivity index (χ2v) is 6.51. The predicted octanol–water partition coefficient (Wildman–Crippen LogP) is 5.64. The second-order valence-electron chi connectivity index (χ2n) is 4.08. The summed E-state index contributed by atoms with van der Waals surface area (Å²) in [4.78, 5) is 4.36. The van der Waals surface area contributed by atoms with Crippen LogP contribution in [0.2, 0.25) is 15.1 Å². The molecule has 2 aromatic carbocycles. The third-order valence-corrected chi connectivity index (χ3v) is 4.47. The highest BCUT2D eigenvalue weighted by Gasteiger charge is 2.17. The Labute approximate surface area is 143 Å². The van der Waals surface area contributed by atoms with E-state index in [1.165, 1.54) is 0 Å². The summed E-state index contributed by atoms with van der Waals surface area (Å²) in [6.45, 7) is 0. The molecule has 1 heterocycles. The highest BCUT2D eigenvalue weighted by Crippen LogP contribution is 2.38. The lowest BCUT2D eigenvalue weighted by Gasteiger charge is -1.99. The Kier molecular flexibility index (Phi) is 3.75. The number of nitrogens with zero attached hydrogens (tertiary/aromatic N) is 1. The maximum atomic E-state index is 6.17. The van der Waals surface area contributed by atoms with E-state index in [0.29, 0.717) is 32.6 Å². The van der Waals surface area contributed by atoms with Crippen LogP contribution in [-0.2, 0) is 0 Å². The highest BCUT2D eigenvalue weighted by atomic mass is 127. The van der Waals surface area contributed by atoms with Gasteiger partial charge in [0.05, 0.1) is 26.3 Å². The zero-order valence-electron chi connectivity index (χ0n) is 9.75. The van der Waals surface area contributed by atoms with Crippen LogP contribution in [0.3, 0.4) is 0 Å². The van der Waals surface area contributed by atoms with E-state index in [0.717, 1.165) is 3.57 Å². The zero-order chi connectivity index (χ0) is 14.4. The summed E-state index contributed by atoms with van der Waals surface area (Å²) in [6, 6.07) is 7.16. The molecule has 0 saturated carbocycles. The maximum absolute atomic E-state index is 6.17. The smallest absolute Gasteiger partial charge is 0.228 e. The number of rotatable bonds is 1. The highest BCUT2D eigenvalue weighted by molar-refractivity contribution is 14.1. The van der Waals surface area contributed by atoms with Gasteiger partial charge in [-0.15, -0.1) is 0 Å². The number of nitrogens with two attached hydrogens (primary N) is 1. The fraction of sp³-hybridized carbons (Fsp3) is 0. The number of anilines is 1. The molecule has 3 rings (SSSR count). The molecule has 0 radical (unpaired) electrons. The van der Waals surface area contributed by atoms with E-state index in [2.05, 4.69) is 27.6 Å². The molecular formula is C13H6Cl3IN2O. The Balaban J connectivity index is 2.28. The Morgan fingerprint density at radius 3 is 2.60 bits per heavy atom. The van der Waals surface area contributed by atoms with Crippen molar-refractivity contribution in [2.45, 2.75) is 0 Å². The first-order chi connectivity index (χ1) is 9.47. The number of hydrogen-bond acceptors (Lipinski definition) is 3. The quantitative estimate of drug-likeness (QED) is 0.394. The van der Waals surface area contributed by atoms with Gasteiger partial charge in [-0.05, 0) is 40.8 Å². The van der Waals surface area contributed by atoms with Crippen LogP contribution in [-0.4, -0.2) is 4.98 Å². The molecule has 0 aliphatic carbocycles. The van der Waals surface area contributed by atoms with E-state index in [-0.39, 0.29) is 10.7 Å². The van der Waals surface area contributed by atoms with Gasteiger partial charge >= 0.3 is 0 Å². The fourth-order valence-corrected chi connectivity index (χ4v) is 2.96. The molecule has 102 valence electrons. The lowest BCUT2D eigenvalue weighted by molar-refractivity contribution is 0.620. The summed E-state index contributed by atoms with van der Waals surface area (Å²) in [5.74, 6) is 0.382. The van der Waals surface area contributed by atoms with Crippen LogP contribution in [0.15, 0.2) is 28.7 Å². The van der Waals surface area contributed by atoms with Crippen molar-refractivity contribution in [2.75, 3.05) is 5.73 Å². The minimum absolute atomic E-state index is 0.282. The van der Waals surface area contributed by atoms with Crippen molar-refractivity contribution >= 4 is 74.2 Å². The number of fused-ring (bicyclic) bond motifs is 1. The lowest BCUT2D eigenvalue weighted by Crippen LogP contribution is -1.88. The Morgan fingerprint density at radius 2 is 1.85 bits per heavy atom. The number of aromatic nitrogens is 1. The first-order valence-corrected chi connectivity index (χ1v) is 7.68. The second kappa shape index (κ2) is 5.26. The van der Waals surface area contributed by atoms with Crippen LogP contribution in [0.5, 0.6) is 0 Å². The van der Waals surface area contributed by atoms with Crippen LogP contribution in [0.1, 0.15) is 0 Å². The SMILES string of the molecule is Nc1c(Cl)cc2oc(-c3cc(I)ccc3Cl)nc2c1Cl. The summed E-state index contributed by atoms with van der Waals surface area (Å²) in [7, 11) is 0. The van der Waals surface area contributed by atoms with E-state index in [1.807, 2.05) is 12.1 Å². The molecule has 1 aromatic heterocycles. The van der Waals surface area contributed by atoms with Gasteiger partial charge in [0.25, 0.3) is 0 Å². The van der Waals surface area contributed by atoms with Crippen LogP contribution < -0.4 is 5.73 Å². The third-order valence-electron chi connectivity index (χ3n) is 2.77. The van der Waals surface area contributed by atoms with Crippen molar-refractivity contribution < 1.29 is 4.42 Å². The molecule has 3 nitrogen and oxygen atoms in total. The van der Waals surface area contributed by atoms with Crippen molar-refractivity contribution in [3.8, 4) is 11.5 Å². The number of oxazole rings is 1. The van der Waals surface area contributed by atoms with E-state index in [4.69, 9.17) is 45.0 Å². The van der Waals surface area contributed by atoms with Gasteiger partial charge < -0.3 is 10.2 Å². The minimum Gasteiger partial charge on any atom is -0.436 e. The average molecular weight is 439 g/mol. The summed E-state index contributed by atoms with van der Waals surface area (Å²) < 4.78 is 6.70. The van der Waals surface area contributed by atoms with Gasteiger partial charge in [-0.1, -0.05) is 34.8 Å². The van der Waals surface area contributed by atoms with Crippen molar-refractivity contribution in [3.05, 3.63) is 42.9 Å². The Bertz CT molecular complexity index is 832. The van der Waals surface area contributed by atoms with Gasteiger partial charge in [0.2, 0.25) is 5.89 Å². The number of halogens is 4. The molecule has 0 atom stereocenters. The van der Waals surface area contributed by atoms with Crippen molar-refractivity contribution in [1.29, 1.82) is 0 Å². The predicted molar refractivity (Wildman–Crippen MR) is 91.6 cm³/mol. The van der Waals surface area contributed by atoms with Gasteiger partial charge in [-0.2, -0.15) is 0 Å². The van der Waals surface area contributed by atoms with Gasteiger partial charge in [-0.25, -0.2) is 4.98 Å². The minimum atomic E-state index is 0.282. The molecule has 0 aliphatic heterocycles. The molecule has 0 fully saturated rings. The fourth-order valence-electron chi connectivity index (χ4n) is 1.79. The summed E-state index contributed by atoms with van der Waals surface area (Å²) >= 11 is 20.5. The molecule has 7 heteroatoms. The Hall–Kier alpha value is -0.690. The summed E-state index contributed by atoms with van der Waals surface area (Å²) in [5.41, 5.74) is 7.70. The monoisotopic (exact) mass is 438 g/mol. The van der Waals surface area contributed by atoms with Gasteiger partial charge in [0.15, 0.2) is 5.58 Å². The van der Waals surface area contributed by atoms with Crippen molar-refractivity contribution in [2.24, 2.45) is 0 Å². The molecule has 0 spiro atoms. The van der Waals surface area contributed by atoms with Gasteiger partial charge in [-0.3, -0.25) is 0 Å². The largest absolute Gasteiger partial charge is 0.436 e. The van der Waals surface area contributed by atoms with Crippen LogP contribution >= 0.6 is 57.4 Å². The first kappa shape index (κ1) is 14.3. The summed E-state index contributed by atoms with van der Waals surface area (Å²) in [6.07, 6.45) is 0. The first-order valence-electron chi connectivity index (χ1n) is 5.47. The van der Waals surface area contributed by atoms with E-state index >= 15 is 0 Å². The van der Waals surface area contributed by atoms with Crippen LogP contribution in [0, 0.1) is 3.57 Å². The molecule has 0 bridgehead atoms. The standard InChI is InChI=1S/C13H6Cl3IN2O/c14-7-2-1-5(17)3-6(7)13-19-12-9(20-13)4-8(15)11(18)10(12)16/h1-4H,18H2. The van der Waals surface area contributed by atoms with Gasteiger partial charge in [0, 0.05) is 9.64 Å². The summed E-state index contributed by atoms with van der Waals surface area (Å²) in [5, 5.41) is 1.16. The molecule has 3 aromatic rings. The molecule has 0 unspecified atom stereocenters. The normalized spacial score (nSPS) is 11.2. The number of benzene rings is 2. The lowest BCUT2D eigenvalue weighted by atomic mass is 10.2. The van der Waals surface area contributed by atoms with E-state index in [9.17, 15) is 0 Å². The van der Waals surface area contributed by atoms with Gasteiger partial charge in [0.1, 0.15) is 5.52 Å². The number of nitrogen functional groups attached to an aromatic ring is 1. The molecule has 0 amide bonds. The Morgan fingerprint density at radius 1 is 1.10 bits per heavy atom. The molecule has 20 heavy (non-hydrogen) atoms. The zero-order valence-corrected chi connectivity index (χ0v) is 14.2. The van der Waals surface area contributed by atoms with Crippen LogP contribution in [0.4, 0.5) is 5.69 Å². The topological polar surface area (TPSA) is 52.0 Å². The molecular weight excluding hydrogens is 433 g/mol. The maximum Gasteiger partial charge on any atom is 0.228 e.